The molecule has 66 valence electrons. The topological polar surface area (TPSA) is 55.0 Å². The lowest BCUT2D eigenvalue weighted by Gasteiger charge is -2.08. The van der Waals surface area contributed by atoms with Gasteiger partial charge in [-0.25, -0.2) is 5.10 Å². The molecule has 5 heteroatoms. The number of H-pyrrole nitrogens is 1. The first-order valence-electron chi connectivity index (χ1n) is 3.51. The third kappa shape index (κ3) is 1.98. The van der Waals surface area contributed by atoms with Crippen molar-refractivity contribution in [1.29, 1.82) is 0 Å². The van der Waals surface area contributed by atoms with Crippen molar-refractivity contribution in [1.82, 2.24) is 10.2 Å². The molecule has 0 aliphatic carbocycles. The van der Waals surface area contributed by atoms with E-state index in [4.69, 9.17) is 16.3 Å². The molecular weight excluding hydrogens is 180 g/mol. The highest BCUT2D eigenvalue weighted by Gasteiger charge is 2.06. The van der Waals surface area contributed by atoms with E-state index in [1.54, 1.807) is 0 Å². The van der Waals surface area contributed by atoms with Crippen molar-refractivity contribution in [2.24, 2.45) is 0 Å². The van der Waals surface area contributed by atoms with Crippen molar-refractivity contribution in [2.75, 3.05) is 0 Å². The normalized spacial score (nSPS) is 10.3. The molecule has 1 heterocycles. The molecule has 1 N–H and O–H groups in total. The standard InChI is InChI=1S/C7H9ClN2O2/c1-4(2)12-5-3-9-10-7(11)6(5)8/h3-4H,1-2H3,(H,10,11). The summed E-state index contributed by atoms with van der Waals surface area (Å²) in [5.74, 6) is 0.315. The largest absolute Gasteiger partial charge is 0.488 e. The summed E-state index contributed by atoms with van der Waals surface area (Å²) in [6.07, 6.45) is 1.36. The van der Waals surface area contributed by atoms with Crippen molar-refractivity contribution in [3.05, 3.63) is 21.6 Å². The van der Waals surface area contributed by atoms with Crippen LogP contribution in [0.3, 0.4) is 0 Å². The molecule has 0 radical (unpaired) electrons. The summed E-state index contributed by atoms with van der Waals surface area (Å²) < 4.78 is 5.21. The predicted octanol–water partition coefficient (Wildman–Crippen LogP) is 1.21. The Morgan fingerprint density at radius 3 is 2.92 bits per heavy atom. The third-order valence-electron chi connectivity index (χ3n) is 1.13. The number of halogens is 1. The van der Waals surface area contributed by atoms with Crippen molar-refractivity contribution in [2.45, 2.75) is 20.0 Å². The smallest absolute Gasteiger partial charge is 0.286 e. The van der Waals surface area contributed by atoms with Gasteiger partial charge in [0.25, 0.3) is 5.56 Å². The minimum Gasteiger partial charge on any atom is -0.488 e. The highest BCUT2D eigenvalue weighted by atomic mass is 35.5. The minimum absolute atomic E-state index is 0.0221. The second-order valence-corrected chi connectivity index (χ2v) is 2.92. The van der Waals surface area contributed by atoms with Crippen LogP contribution in [0, 0.1) is 0 Å². The minimum atomic E-state index is -0.435. The zero-order chi connectivity index (χ0) is 9.14. The summed E-state index contributed by atoms with van der Waals surface area (Å²) in [5.41, 5.74) is -0.435. The zero-order valence-electron chi connectivity index (χ0n) is 6.80. The Morgan fingerprint density at radius 1 is 1.67 bits per heavy atom. The maximum absolute atomic E-state index is 10.9. The predicted molar refractivity (Wildman–Crippen MR) is 45.6 cm³/mol. The summed E-state index contributed by atoms with van der Waals surface area (Å²) in [5, 5.41) is 5.79. The van der Waals surface area contributed by atoms with E-state index in [-0.39, 0.29) is 11.1 Å². The maximum atomic E-state index is 10.9. The quantitative estimate of drug-likeness (QED) is 0.759. The van der Waals surface area contributed by atoms with E-state index < -0.39 is 5.56 Å². The lowest BCUT2D eigenvalue weighted by atomic mass is 10.4. The van der Waals surface area contributed by atoms with Gasteiger partial charge in [0.1, 0.15) is 0 Å². The molecule has 0 saturated carbocycles. The molecule has 0 spiro atoms. The van der Waals surface area contributed by atoms with Crippen LogP contribution < -0.4 is 10.3 Å². The Morgan fingerprint density at radius 2 is 2.33 bits per heavy atom. The number of nitrogens with one attached hydrogen (secondary N) is 1. The molecule has 0 saturated heterocycles. The number of hydrogen-bond donors (Lipinski definition) is 1. The maximum Gasteiger partial charge on any atom is 0.286 e. The molecule has 1 aromatic heterocycles. The number of aromatic amines is 1. The van der Waals surface area contributed by atoms with Crippen LogP contribution in [0.1, 0.15) is 13.8 Å². The fourth-order valence-corrected chi connectivity index (χ4v) is 0.839. The van der Waals surface area contributed by atoms with Crippen LogP contribution in [-0.2, 0) is 0 Å². The van der Waals surface area contributed by atoms with Gasteiger partial charge in [0.2, 0.25) is 0 Å². The van der Waals surface area contributed by atoms with Crippen molar-refractivity contribution in [3.63, 3.8) is 0 Å². The number of ether oxygens (including phenoxy) is 1. The number of nitrogens with zero attached hydrogens (tertiary/aromatic N) is 1. The summed E-state index contributed by atoms with van der Waals surface area (Å²) in [6, 6.07) is 0. The first-order valence-corrected chi connectivity index (χ1v) is 3.89. The lowest BCUT2D eigenvalue weighted by Crippen LogP contribution is -2.13. The molecule has 0 fully saturated rings. The van der Waals surface area contributed by atoms with Crippen molar-refractivity contribution >= 4 is 11.6 Å². The molecule has 0 amide bonds. The van der Waals surface area contributed by atoms with E-state index in [9.17, 15) is 4.79 Å². The van der Waals surface area contributed by atoms with Crippen LogP contribution in [0.15, 0.2) is 11.0 Å². The molecular formula is C7H9ClN2O2. The average Bonchev–Trinajstić information content (AvgIpc) is 1.98. The van der Waals surface area contributed by atoms with Gasteiger partial charge >= 0.3 is 0 Å². The number of aromatic nitrogens is 2. The molecule has 0 aromatic carbocycles. The van der Waals surface area contributed by atoms with E-state index in [0.29, 0.717) is 5.75 Å². The number of rotatable bonds is 2. The van der Waals surface area contributed by atoms with Crippen LogP contribution in [0.25, 0.3) is 0 Å². The Balaban J connectivity index is 3.00. The Bertz CT molecular complexity index is 321. The molecule has 0 aliphatic rings. The molecule has 0 unspecified atom stereocenters. The van der Waals surface area contributed by atoms with Crippen LogP contribution in [0.5, 0.6) is 5.75 Å². The van der Waals surface area contributed by atoms with Gasteiger partial charge < -0.3 is 4.74 Å². The van der Waals surface area contributed by atoms with E-state index >= 15 is 0 Å². The second-order valence-electron chi connectivity index (χ2n) is 2.54. The van der Waals surface area contributed by atoms with Crippen LogP contribution in [0.4, 0.5) is 0 Å². The molecule has 0 bridgehead atoms. The van der Waals surface area contributed by atoms with Gasteiger partial charge in [-0.1, -0.05) is 11.6 Å². The Kier molecular flexibility index (Phi) is 2.70. The summed E-state index contributed by atoms with van der Waals surface area (Å²) in [4.78, 5) is 10.9. The van der Waals surface area contributed by atoms with Crippen LogP contribution in [-0.4, -0.2) is 16.3 Å². The summed E-state index contributed by atoms with van der Waals surface area (Å²) >= 11 is 5.63. The highest BCUT2D eigenvalue weighted by molar-refractivity contribution is 6.31. The monoisotopic (exact) mass is 188 g/mol. The lowest BCUT2D eigenvalue weighted by molar-refractivity contribution is 0.241. The molecule has 1 aromatic rings. The van der Waals surface area contributed by atoms with Gasteiger partial charge in [0.15, 0.2) is 10.8 Å². The average molecular weight is 189 g/mol. The first-order chi connectivity index (χ1) is 5.61. The number of hydrogen-bond acceptors (Lipinski definition) is 3. The van der Waals surface area contributed by atoms with E-state index in [1.807, 2.05) is 13.8 Å². The van der Waals surface area contributed by atoms with Gasteiger partial charge in [-0.15, -0.1) is 0 Å². The summed E-state index contributed by atoms with van der Waals surface area (Å²) in [7, 11) is 0. The first kappa shape index (κ1) is 9.06. The summed E-state index contributed by atoms with van der Waals surface area (Å²) in [6.45, 7) is 3.69. The molecule has 0 atom stereocenters. The van der Waals surface area contributed by atoms with Crippen LogP contribution >= 0.6 is 11.6 Å². The van der Waals surface area contributed by atoms with Crippen molar-refractivity contribution in [3.8, 4) is 5.75 Å². The van der Waals surface area contributed by atoms with Gasteiger partial charge in [-0.3, -0.25) is 4.79 Å². The second kappa shape index (κ2) is 3.58. The van der Waals surface area contributed by atoms with E-state index in [1.165, 1.54) is 6.20 Å². The molecule has 0 aliphatic heterocycles. The van der Waals surface area contributed by atoms with E-state index in [0.717, 1.165) is 0 Å². The van der Waals surface area contributed by atoms with Gasteiger partial charge in [0.05, 0.1) is 12.3 Å². The fraction of sp³-hybridized carbons (Fsp3) is 0.429. The Labute approximate surface area is 74.5 Å². The molecule has 4 nitrogen and oxygen atoms in total. The van der Waals surface area contributed by atoms with Gasteiger partial charge in [0, 0.05) is 0 Å². The fourth-order valence-electron chi connectivity index (χ4n) is 0.703. The Hall–Kier alpha value is -1.03. The third-order valence-corrected chi connectivity index (χ3v) is 1.48. The van der Waals surface area contributed by atoms with Gasteiger partial charge in [-0.2, -0.15) is 5.10 Å². The van der Waals surface area contributed by atoms with Crippen molar-refractivity contribution < 1.29 is 4.74 Å². The SMILES string of the molecule is CC(C)Oc1cn[nH]c(=O)c1Cl. The van der Waals surface area contributed by atoms with E-state index in [2.05, 4.69) is 10.2 Å². The zero-order valence-corrected chi connectivity index (χ0v) is 7.55. The van der Waals surface area contributed by atoms with Gasteiger partial charge in [-0.05, 0) is 13.8 Å². The molecule has 1 rings (SSSR count). The highest BCUT2D eigenvalue weighted by Crippen LogP contribution is 2.18. The molecule has 12 heavy (non-hydrogen) atoms. The van der Waals surface area contributed by atoms with Crippen LogP contribution in [0.2, 0.25) is 5.02 Å².